The number of benzene rings is 3. The van der Waals surface area contributed by atoms with Crippen LogP contribution >= 0.6 is 0 Å². The topological polar surface area (TPSA) is 76.1 Å². The molecule has 1 aliphatic heterocycles. The summed E-state index contributed by atoms with van der Waals surface area (Å²) in [6, 6.07) is 22.4. The lowest BCUT2D eigenvalue weighted by molar-refractivity contribution is -0.132. The summed E-state index contributed by atoms with van der Waals surface area (Å²) in [4.78, 5) is 28.0. The fraction of sp³-hybridized carbons (Fsp3) is 0.267. The molecule has 0 radical (unpaired) electrons. The van der Waals surface area contributed by atoms with Crippen LogP contribution in [0.15, 0.2) is 84.4 Å². The summed E-state index contributed by atoms with van der Waals surface area (Å²) >= 11 is 0. The number of para-hydroxylation sites is 1. The maximum absolute atomic E-state index is 13.3. The SMILES string of the molecule is CCCCCOc1ccc(/C(O)=C2/C(=O)C(=O)N(c3ccccc3)C2c2cccc(OCC)c2)cc1. The zero-order valence-electron chi connectivity index (χ0n) is 20.6. The predicted octanol–water partition coefficient (Wildman–Crippen LogP) is 6.28. The van der Waals surface area contributed by atoms with Crippen LogP contribution in [-0.4, -0.2) is 30.0 Å². The standard InChI is InChI=1S/C30H31NO5/c1-3-5-9-19-36-24-17-15-21(16-18-24)28(32)26-27(22-11-10-14-25(20-22)35-4-2)31(30(34)29(26)33)23-12-7-6-8-13-23/h6-8,10-18,20,27,32H,3-5,9,19H2,1-2H3/b28-26-. The summed E-state index contributed by atoms with van der Waals surface area (Å²) in [5, 5.41) is 11.3. The highest BCUT2D eigenvalue weighted by Gasteiger charge is 2.47. The minimum absolute atomic E-state index is 0.0362. The van der Waals surface area contributed by atoms with E-state index in [9.17, 15) is 14.7 Å². The monoisotopic (exact) mass is 485 g/mol. The van der Waals surface area contributed by atoms with Crippen molar-refractivity contribution >= 4 is 23.1 Å². The number of ketones is 1. The fourth-order valence-corrected chi connectivity index (χ4v) is 4.35. The van der Waals surface area contributed by atoms with Gasteiger partial charge in [0, 0.05) is 11.3 Å². The number of hydrogen-bond donors (Lipinski definition) is 1. The van der Waals surface area contributed by atoms with Gasteiger partial charge in [0.05, 0.1) is 24.8 Å². The normalized spacial score (nSPS) is 16.8. The number of Topliss-reactive ketones (excluding diaryl/α,β-unsaturated/α-hetero) is 1. The molecule has 0 spiro atoms. The first kappa shape index (κ1) is 25.0. The van der Waals surface area contributed by atoms with Crippen LogP contribution in [0, 0.1) is 0 Å². The molecule has 3 aromatic rings. The van der Waals surface area contributed by atoms with Gasteiger partial charge in [-0.1, -0.05) is 50.1 Å². The van der Waals surface area contributed by atoms with Gasteiger partial charge in [0.1, 0.15) is 17.3 Å². The van der Waals surface area contributed by atoms with E-state index in [4.69, 9.17) is 9.47 Å². The first-order valence-corrected chi connectivity index (χ1v) is 12.4. The number of carbonyl (C=O) groups excluding carboxylic acids is 2. The number of anilines is 1. The number of unbranched alkanes of at least 4 members (excludes halogenated alkanes) is 2. The molecule has 0 saturated carbocycles. The van der Waals surface area contributed by atoms with E-state index in [2.05, 4.69) is 6.92 Å². The van der Waals surface area contributed by atoms with Gasteiger partial charge in [-0.25, -0.2) is 0 Å². The van der Waals surface area contributed by atoms with Gasteiger partial charge in [-0.05, 0) is 67.4 Å². The van der Waals surface area contributed by atoms with Crippen LogP contribution in [0.2, 0.25) is 0 Å². The Morgan fingerprint density at radius 2 is 1.61 bits per heavy atom. The van der Waals surface area contributed by atoms with Crippen molar-refractivity contribution in [3.63, 3.8) is 0 Å². The zero-order valence-corrected chi connectivity index (χ0v) is 20.6. The molecule has 36 heavy (non-hydrogen) atoms. The van der Waals surface area contributed by atoms with E-state index < -0.39 is 17.7 Å². The largest absolute Gasteiger partial charge is 0.507 e. The Labute approximate surface area is 211 Å². The van der Waals surface area contributed by atoms with Crippen LogP contribution in [-0.2, 0) is 9.59 Å². The number of rotatable bonds is 10. The second-order valence-corrected chi connectivity index (χ2v) is 8.59. The fourth-order valence-electron chi connectivity index (χ4n) is 4.35. The lowest BCUT2D eigenvalue weighted by Crippen LogP contribution is -2.29. The number of carbonyl (C=O) groups is 2. The minimum Gasteiger partial charge on any atom is -0.507 e. The van der Waals surface area contributed by atoms with Crippen molar-refractivity contribution in [2.24, 2.45) is 0 Å². The highest BCUT2D eigenvalue weighted by Crippen LogP contribution is 2.42. The van der Waals surface area contributed by atoms with Crippen molar-refractivity contribution in [3.05, 3.63) is 95.6 Å². The second-order valence-electron chi connectivity index (χ2n) is 8.59. The molecule has 1 amide bonds. The number of hydrogen-bond acceptors (Lipinski definition) is 5. The first-order valence-electron chi connectivity index (χ1n) is 12.4. The third kappa shape index (κ3) is 5.28. The quantitative estimate of drug-likeness (QED) is 0.158. The lowest BCUT2D eigenvalue weighted by atomic mass is 9.95. The smallest absolute Gasteiger partial charge is 0.300 e. The molecule has 0 aromatic heterocycles. The van der Waals surface area contributed by atoms with Gasteiger partial charge in [-0.15, -0.1) is 0 Å². The summed E-state index contributed by atoms with van der Waals surface area (Å²) < 4.78 is 11.4. The van der Waals surface area contributed by atoms with Crippen molar-refractivity contribution in [1.29, 1.82) is 0 Å². The summed E-state index contributed by atoms with van der Waals surface area (Å²) in [6.45, 7) is 5.13. The molecule has 6 heteroatoms. The van der Waals surface area contributed by atoms with Crippen molar-refractivity contribution in [2.75, 3.05) is 18.1 Å². The van der Waals surface area contributed by atoms with E-state index in [0.29, 0.717) is 41.5 Å². The van der Waals surface area contributed by atoms with E-state index in [-0.39, 0.29) is 11.3 Å². The van der Waals surface area contributed by atoms with Crippen LogP contribution in [0.25, 0.3) is 5.76 Å². The Bertz CT molecular complexity index is 1230. The van der Waals surface area contributed by atoms with Gasteiger partial charge in [0.15, 0.2) is 0 Å². The molecule has 1 N–H and O–H groups in total. The summed E-state index contributed by atoms with van der Waals surface area (Å²) in [7, 11) is 0. The van der Waals surface area contributed by atoms with E-state index >= 15 is 0 Å². The second kappa shape index (κ2) is 11.6. The molecule has 1 heterocycles. The number of aliphatic hydroxyl groups excluding tert-OH is 1. The first-order chi connectivity index (χ1) is 17.5. The molecule has 6 nitrogen and oxygen atoms in total. The van der Waals surface area contributed by atoms with E-state index in [0.717, 1.165) is 19.3 Å². The third-order valence-electron chi connectivity index (χ3n) is 6.11. The minimum atomic E-state index is -0.808. The molecule has 1 saturated heterocycles. The van der Waals surface area contributed by atoms with Crippen LogP contribution in [0.1, 0.15) is 50.3 Å². The van der Waals surface area contributed by atoms with Crippen LogP contribution < -0.4 is 14.4 Å². The predicted molar refractivity (Wildman–Crippen MR) is 140 cm³/mol. The molecule has 0 aliphatic carbocycles. The summed E-state index contributed by atoms with van der Waals surface area (Å²) in [6.07, 6.45) is 3.19. The average molecular weight is 486 g/mol. The van der Waals surface area contributed by atoms with Gasteiger partial charge < -0.3 is 14.6 Å². The van der Waals surface area contributed by atoms with Gasteiger partial charge >= 0.3 is 0 Å². The van der Waals surface area contributed by atoms with Crippen molar-refractivity contribution < 1.29 is 24.2 Å². The van der Waals surface area contributed by atoms with Crippen molar-refractivity contribution in [2.45, 2.75) is 39.2 Å². The number of ether oxygens (including phenoxy) is 2. The number of amides is 1. The van der Waals surface area contributed by atoms with Crippen LogP contribution in [0.4, 0.5) is 5.69 Å². The van der Waals surface area contributed by atoms with Gasteiger partial charge in [-0.3, -0.25) is 14.5 Å². The molecule has 4 rings (SSSR count). The Hall–Kier alpha value is -4.06. The maximum atomic E-state index is 13.3. The van der Waals surface area contributed by atoms with Crippen LogP contribution in [0.5, 0.6) is 11.5 Å². The van der Waals surface area contributed by atoms with Crippen molar-refractivity contribution in [3.8, 4) is 11.5 Å². The molecule has 0 bridgehead atoms. The lowest BCUT2D eigenvalue weighted by Gasteiger charge is -2.25. The van der Waals surface area contributed by atoms with Gasteiger partial charge in [0.2, 0.25) is 0 Å². The van der Waals surface area contributed by atoms with Crippen LogP contribution in [0.3, 0.4) is 0 Å². The van der Waals surface area contributed by atoms with Gasteiger partial charge in [-0.2, -0.15) is 0 Å². The molecule has 3 aromatic carbocycles. The molecular weight excluding hydrogens is 454 g/mol. The summed E-state index contributed by atoms with van der Waals surface area (Å²) in [5.74, 6) is -0.337. The van der Waals surface area contributed by atoms with E-state index in [1.165, 1.54) is 4.90 Å². The Morgan fingerprint density at radius 3 is 2.31 bits per heavy atom. The Kier molecular flexibility index (Phi) is 8.06. The van der Waals surface area contributed by atoms with E-state index in [1.54, 1.807) is 42.5 Å². The molecule has 1 unspecified atom stereocenters. The highest BCUT2D eigenvalue weighted by molar-refractivity contribution is 6.51. The molecule has 1 atom stereocenters. The zero-order chi connectivity index (χ0) is 25.5. The number of aliphatic hydroxyl groups is 1. The molecule has 186 valence electrons. The third-order valence-corrected chi connectivity index (χ3v) is 6.11. The molecular formula is C30H31NO5. The number of nitrogens with zero attached hydrogens (tertiary/aromatic N) is 1. The average Bonchev–Trinajstić information content (AvgIpc) is 3.17. The Morgan fingerprint density at radius 1 is 0.861 bits per heavy atom. The maximum Gasteiger partial charge on any atom is 0.300 e. The highest BCUT2D eigenvalue weighted by atomic mass is 16.5. The molecule has 1 aliphatic rings. The summed E-state index contributed by atoms with van der Waals surface area (Å²) in [5.41, 5.74) is 1.71. The van der Waals surface area contributed by atoms with E-state index in [1.807, 2.05) is 43.3 Å². The Balaban J connectivity index is 1.76. The van der Waals surface area contributed by atoms with Gasteiger partial charge in [0.25, 0.3) is 11.7 Å². The molecule has 1 fully saturated rings. The van der Waals surface area contributed by atoms with Crippen molar-refractivity contribution in [1.82, 2.24) is 0 Å².